The molecule has 1 saturated carbocycles. The van der Waals surface area contributed by atoms with Gasteiger partial charge in [-0.05, 0) is 25.3 Å². The third-order valence-electron chi connectivity index (χ3n) is 4.59. The van der Waals surface area contributed by atoms with Crippen LogP contribution in [-0.2, 0) is 16.1 Å². The van der Waals surface area contributed by atoms with Crippen molar-refractivity contribution in [3.05, 3.63) is 18.5 Å². The highest BCUT2D eigenvalue weighted by molar-refractivity contribution is 7.99. The van der Waals surface area contributed by atoms with Crippen LogP contribution in [0.2, 0.25) is 0 Å². The number of hydrogen-bond donors (Lipinski definition) is 1. The van der Waals surface area contributed by atoms with Crippen molar-refractivity contribution in [2.45, 2.75) is 44.7 Å². The first-order valence-electron chi connectivity index (χ1n) is 8.39. The van der Waals surface area contributed by atoms with E-state index in [-0.39, 0.29) is 23.8 Å². The molecule has 1 saturated heterocycles. The van der Waals surface area contributed by atoms with Crippen LogP contribution in [0, 0.1) is 5.92 Å². The average Bonchev–Trinajstić information content (AvgIpc) is 3.33. The molecule has 2 heterocycles. The molecule has 2 fully saturated rings. The van der Waals surface area contributed by atoms with E-state index in [2.05, 4.69) is 10.4 Å². The molecule has 1 aliphatic heterocycles. The fraction of sp³-hybridized carbons (Fsp3) is 0.688. The average molecular weight is 336 g/mol. The summed E-state index contributed by atoms with van der Waals surface area (Å²) in [6.07, 6.45) is 8.75. The second-order valence-corrected chi connectivity index (χ2v) is 7.22. The van der Waals surface area contributed by atoms with E-state index in [1.54, 1.807) is 22.9 Å². The van der Waals surface area contributed by atoms with E-state index >= 15 is 0 Å². The number of amides is 2. The SMILES string of the molecule is O=C(NCCCn1cccn1)C1CSCN1C(=O)C1CCCC1. The molecule has 0 aromatic carbocycles. The first-order chi connectivity index (χ1) is 11.3. The normalized spacial score (nSPS) is 21.7. The summed E-state index contributed by atoms with van der Waals surface area (Å²) < 4.78 is 1.85. The Labute approximate surface area is 141 Å². The van der Waals surface area contributed by atoms with Gasteiger partial charge in [0.05, 0.1) is 5.88 Å². The topological polar surface area (TPSA) is 67.2 Å². The molecule has 1 aliphatic carbocycles. The number of aryl methyl sites for hydroxylation is 1. The van der Waals surface area contributed by atoms with Gasteiger partial charge in [0, 0.05) is 37.2 Å². The molecule has 0 spiro atoms. The predicted molar refractivity (Wildman–Crippen MR) is 89.8 cm³/mol. The van der Waals surface area contributed by atoms with Crippen molar-refractivity contribution in [2.24, 2.45) is 5.92 Å². The number of thioether (sulfide) groups is 1. The van der Waals surface area contributed by atoms with Crippen LogP contribution in [0.25, 0.3) is 0 Å². The van der Waals surface area contributed by atoms with Crippen LogP contribution in [0.4, 0.5) is 0 Å². The van der Waals surface area contributed by atoms with Gasteiger partial charge in [0.2, 0.25) is 11.8 Å². The van der Waals surface area contributed by atoms with Crippen molar-refractivity contribution in [1.82, 2.24) is 20.0 Å². The summed E-state index contributed by atoms with van der Waals surface area (Å²) in [6.45, 7) is 1.41. The van der Waals surface area contributed by atoms with Gasteiger partial charge in [0.1, 0.15) is 6.04 Å². The summed E-state index contributed by atoms with van der Waals surface area (Å²) in [4.78, 5) is 26.8. The summed E-state index contributed by atoms with van der Waals surface area (Å²) in [5, 5.41) is 7.11. The molecular formula is C16H24N4O2S. The fourth-order valence-corrected chi connectivity index (χ4v) is 4.45. The molecule has 1 aromatic heterocycles. The Morgan fingerprint density at radius 2 is 2.13 bits per heavy atom. The van der Waals surface area contributed by atoms with Gasteiger partial charge in [0.15, 0.2) is 0 Å². The maximum Gasteiger partial charge on any atom is 0.243 e. The highest BCUT2D eigenvalue weighted by Gasteiger charge is 2.38. The van der Waals surface area contributed by atoms with Gasteiger partial charge in [-0.1, -0.05) is 12.8 Å². The lowest BCUT2D eigenvalue weighted by Gasteiger charge is -2.25. The maximum absolute atomic E-state index is 12.6. The minimum absolute atomic E-state index is 0.0122. The number of carbonyl (C=O) groups is 2. The van der Waals surface area contributed by atoms with Gasteiger partial charge in [0.25, 0.3) is 0 Å². The summed E-state index contributed by atoms with van der Waals surface area (Å²) >= 11 is 1.67. The van der Waals surface area contributed by atoms with Gasteiger partial charge >= 0.3 is 0 Å². The molecule has 1 N–H and O–H groups in total. The number of rotatable bonds is 6. The molecule has 0 bridgehead atoms. The molecule has 3 rings (SSSR count). The van der Waals surface area contributed by atoms with Gasteiger partial charge in [-0.3, -0.25) is 14.3 Å². The van der Waals surface area contributed by atoms with Crippen molar-refractivity contribution < 1.29 is 9.59 Å². The Bertz CT molecular complexity index is 528. The Morgan fingerprint density at radius 3 is 2.87 bits per heavy atom. The number of hydrogen-bond acceptors (Lipinski definition) is 4. The first kappa shape index (κ1) is 16.4. The molecule has 2 amide bonds. The Morgan fingerprint density at radius 1 is 1.30 bits per heavy atom. The van der Waals surface area contributed by atoms with Gasteiger partial charge in [-0.15, -0.1) is 11.8 Å². The minimum atomic E-state index is -0.294. The number of nitrogens with zero attached hydrogens (tertiary/aromatic N) is 3. The largest absolute Gasteiger partial charge is 0.354 e. The number of nitrogens with one attached hydrogen (secondary N) is 1. The zero-order valence-electron chi connectivity index (χ0n) is 13.3. The molecule has 0 radical (unpaired) electrons. The van der Waals surface area contributed by atoms with Crippen molar-refractivity contribution in [3.63, 3.8) is 0 Å². The summed E-state index contributed by atoms with van der Waals surface area (Å²) in [5.74, 6) is 1.68. The second-order valence-electron chi connectivity index (χ2n) is 6.22. The van der Waals surface area contributed by atoms with E-state index < -0.39 is 0 Å². The maximum atomic E-state index is 12.6. The third kappa shape index (κ3) is 4.07. The third-order valence-corrected chi connectivity index (χ3v) is 5.61. The van der Waals surface area contributed by atoms with E-state index in [1.165, 1.54) is 0 Å². The molecule has 1 atom stereocenters. The lowest BCUT2D eigenvalue weighted by Crippen LogP contribution is -2.49. The van der Waals surface area contributed by atoms with Crippen LogP contribution in [-0.4, -0.2) is 50.7 Å². The molecule has 126 valence electrons. The Hall–Kier alpha value is -1.50. The standard InChI is InChI=1S/C16H24N4O2S/c21-15(17-7-3-9-19-10-4-8-18-19)14-11-23-12-20(14)16(22)13-5-1-2-6-13/h4,8,10,13-14H,1-3,5-7,9,11-12H2,(H,17,21). The Kier molecular flexibility index (Phi) is 5.59. The van der Waals surface area contributed by atoms with Crippen LogP contribution in [0.1, 0.15) is 32.1 Å². The Balaban J connectivity index is 1.44. The zero-order chi connectivity index (χ0) is 16.1. The van der Waals surface area contributed by atoms with Crippen molar-refractivity contribution in [1.29, 1.82) is 0 Å². The van der Waals surface area contributed by atoms with Crippen molar-refractivity contribution in [2.75, 3.05) is 18.2 Å². The molecule has 1 aromatic rings. The van der Waals surface area contributed by atoms with E-state index in [9.17, 15) is 9.59 Å². The quantitative estimate of drug-likeness (QED) is 0.799. The zero-order valence-corrected chi connectivity index (χ0v) is 14.1. The predicted octanol–water partition coefficient (Wildman–Crippen LogP) is 1.48. The molecule has 6 nitrogen and oxygen atoms in total. The highest BCUT2D eigenvalue weighted by Crippen LogP contribution is 2.30. The lowest BCUT2D eigenvalue weighted by molar-refractivity contribution is -0.141. The van der Waals surface area contributed by atoms with Crippen LogP contribution >= 0.6 is 11.8 Å². The first-order valence-corrected chi connectivity index (χ1v) is 9.54. The summed E-state index contributed by atoms with van der Waals surface area (Å²) in [5.41, 5.74) is 0. The van der Waals surface area contributed by atoms with Crippen LogP contribution in [0.3, 0.4) is 0 Å². The second kappa shape index (κ2) is 7.86. The molecule has 2 aliphatic rings. The summed E-state index contributed by atoms with van der Waals surface area (Å²) in [7, 11) is 0. The van der Waals surface area contributed by atoms with Crippen LogP contribution in [0.15, 0.2) is 18.5 Å². The van der Waals surface area contributed by atoms with E-state index in [4.69, 9.17) is 0 Å². The minimum Gasteiger partial charge on any atom is -0.354 e. The van der Waals surface area contributed by atoms with E-state index in [0.717, 1.165) is 38.6 Å². The van der Waals surface area contributed by atoms with Gasteiger partial charge < -0.3 is 10.2 Å². The molecule has 7 heteroatoms. The molecular weight excluding hydrogens is 312 g/mol. The smallest absolute Gasteiger partial charge is 0.243 e. The van der Waals surface area contributed by atoms with Crippen molar-refractivity contribution >= 4 is 23.6 Å². The summed E-state index contributed by atoms with van der Waals surface area (Å²) in [6, 6.07) is 1.60. The van der Waals surface area contributed by atoms with Gasteiger partial charge in [-0.25, -0.2) is 0 Å². The van der Waals surface area contributed by atoms with E-state index in [0.29, 0.717) is 18.2 Å². The van der Waals surface area contributed by atoms with Gasteiger partial charge in [-0.2, -0.15) is 5.10 Å². The molecule has 1 unspecified atom stereocenters. The van der Waals surface area contributed by atoms with Crippen molar-refractivity contribution in [3.8, 4) is 0 Å². The van der Waals surface area contributed by atoms with Crippen LogP contribution < -0.4 is 5.32 Å². The monoisotopic (exact) mass is 336 g/mol. The lowest BCUT2D eigenvalue weighted by atomic mass is 10.1. The number of carbonyl (C=O) groups excluding carboxylic acids is 2. The van der Waals surface area contributed by atoms with E-state index in [1.807, 2.05) is 16.9 Å². The number of aromatic nitrogens is 2. The van der Waals surface area contributed by atoms with Crippen LogP contribution in [0.5, 0.6) is 0 Å². The molecule has 23 heavy (non-hydrogen) atoms. The highest BCUT2D eigenvalue weighted by atomic mass is 32.2. The fourth-order valence-electron chi connectivity index (χ4n) is 3.29.